The molecule has 0 N–H and O–H groups in total. The molecule has 0 atom stereocenters. The maximum atomic E-state index is 0. The van der Waals surface area contributed by atoms with E-state index >= 15 is 0 Å². The van der Waals surface area contributed by atoms with Crippen molar-refractivity contribution in [3.8, 4) is 0 Å². The second-order valence-corrected chi connectivity index (χ2v) is 0. The largest absolute Gasteiger partial charge is 2.00 e. The standard InChI is InChI=1S/3Cu.8FH.3Mo.8O/h;;;8*1H;;;;;;;;;;;/q3*+2;;;;;;;;;;;;8*-2/p-8. The van der Waals surface area contributed by atoms with Crippen LogP contribution in [0.25, 0.3) is 0 Å². The third-order valence-corrected chi connectivity index (χ3v) is 0. The number of hydrogen-bond donors (Lipinski definition) is 0. The first-order valence-corrected chi connectivity index (χ1v) is 0. The van der Waals surface area contributed by atoms with E-state index in [1.54, 1.807) is 0 Å². The second-order valence-electron chi connectivity index (χ2n) is 0. The topological polar surface area (TPSA) is 228 Å². The van der Waals surface area contributed by atoms with Gasteiger partial charge in [0.25, 0.3) is 0 Å². The zero-order valence-corrected chi connectivity index (χ0v) is 17.3. The summed E-state index contributed by atoms with van der Waals surface area (Å²) in [5, 5.41) is 0. The van der Waals surface area contributed by atoms with Crippen molar-refractivity contribution in [3.63, 3.8) is 0 Å². The molecule has 0 unspecified atom stereocenters. The minimum atomic E-state index is 0. The van der Waals surface area contributed by atoms with Crippen molar-refractivity contribution in [2.45, 2.75) is 0 Å². The average Bonchev–Trinajstić information content (AvgIpc) is 0. The molecule has 22 heavy (non-hydrogen) atoms. The molecule has 0 aliphatic rings. The first kappa shape index (κ1) is 1850. The molecule has 22 heteroatoms. The minimum absolute atomic E-state index is 0. The Kier molecular flexibility index (Phi) is 137000. The Morgan fingerprint density at radius 3 is 0.182 bits per heavy atom. The van der Waals surface area contributed by atoms with Crippen molar-refractivity contribution in [2.24, 2.45) is 0 Å². The van der Waals surface area contributed by atoms with Gasteiger partial charge in [0.2, 0.25) is 0 Å². The van der Waals surface area contributed by atoms with Gasteiger partial charge >= 0.3 is 51.2 Å². The van der Waals surface area contributed by atoms with E-state index in [4.69, 9.17) is 0 Å². The molecule has 0 bridgehead atoms. The van der Waals surface area contributed by atoms with Crippen molar-refractivity contribution in [2.75, 3.05) is 0 Å². The van der Waals surface area contributed by atoms with Gasteiger partial charge < -0.3 is 81.4 Å². The fourth-order valence-corrected chi connectivity index (χ4v) is 0. The first-order chi connectivity index (χ1) is 0. The van der Waals surface area contributed by atoms with Crippen molar-refractivity contribution >= 4 is 0 Å². The summed E-state index contributed by atoms with van der Waals surface area (Å²) in [4.78, 5) is 0. The summed E-state index contributed by atoms with van der Waals surface area (Å²) < 4.78 is 0. The first-order valence-electron chi connectivity index (χ1n) is 0. The molecular formula is Cu3F8Mo3O8-18. The second kappa shape index (κ2) is 1630. The quantitative estimate of drug-likeness (QED) is 0.166. The molecule has 0 heterocycles. The van der Waals surface area contributed by atoms with Crippen LogP contribution >= 0.6 is 0 Å². The van der Waals surface area contributed by atoms with Crippen LogP contribution in [0.3, 0.4) is 0 Å². The van der Waals surface area contributed by atoms with Gasteiger partial charge in [-0.1, -0.05) is 0 Å². The maximum absolute atomic E-state index is 0. The molecule has 0 spiro atoms. The average molecular weight is 758 g/mol. The normalized spacial score (nSPS) is 0. The molecule has 173 valence electrons. The van der Waals surface area contributed by atoms with Gasteiger partial charge in [-0.2, -0.15) is 0 Å². The van der Waals surface area contributed by atoms with E-state index in [0.29, 0.717) is 0 Å². The van der Waals surface area contributed by atoms with Gasteiger partial charge in [0.05, 0.1) is 0 Å². The van der Waals surface area contributed by atoms with Gasteiger partial charge in [0.1, 0.15) is 0 Å². The molecule has 0 saturated heterocycles. The molecule has 0 rings (SSSR count). The summed E-state index contributed by atoms with van der Waals surface area (Å²) in [7, 11) is 0. The van der Waals surface area contributed by atoms with E-state index in [-0.39, 0.29) is 196 Å². The molecular weight excluding hydrogens is 758 g/mol. The smallest absolute Gasteiger partial charge is 2.00 e. The summed E-state index contributed by atoms with van der Waals surface area (Å²) in [5.41, 5.74) is 0. The van der Waals surface area contributed by atoms with E-state index in [1.165, 1.54) is 0 Å². The fraction of sp³-hybridized carbons (Fsp3) is 0. The van der Waals surface area contributed by atoms with Crippen LogP contribution in [0.1, 0.15) is 0 Å². The molecule has 8 nitrogen and oxygen atoms in total. The fourth-order valence-electron chi connectivity index (χ4n) is 0. The summed E-state index contributed by atoms with van der Waals surface area (Å²) >= 11 is 0. The summed E-state index contributed by atoms with van der Waals surface area (Å²) in [5.74, 6) is 0. The summed E-state index contributed by atoms with van der Waals surface area (Å²) in [6.45, 7) is 0. The molecule has 3 radical (unpaired) electrons. The van der Waals surface area contributed by atoms with Gasteiger partial charge in [0, 0.05) is 63.2 Å². The molecule has 0 saturated carbocycles. The monoisotopic (exact) mass is 762 g/mol. The minimum Gasteiger partial charge on any atom is -2.00 e. The van der Waals surface area contributed by atoms with E-state index < -0.39 is 0 Å². The predicted octanol–water partition coefficient (Wildman–Crippen LogP) is -24.9. The molecule has 0 aromatic rings. The SMILES string of the molecule is [Cu+2].[Cu+2].[Cu+2].[F-].[F-].[F-].[F-].[F-].[F-].[F-].[F-].[Mo].[Mo].[Mo].[O-2].[O-2].[O-2].[O-2].[O-2].[O-2].[O-2].[O-2]. The predicted molar refractivity (Wildman–Crippen MR) is 5.49 cm³/mol. The van der Waals surface area contributed by atoms with Crippen LogP contribution in [0.2, 0.25) is 0 Å². The van der Waals surface area contributed by atoms with Crippen LogP contribution in [-0.2, 0) is 158 Å². The molecule has 0 amide bonds. The van der Waals surface area contributed by atoms with Crippen LogP contribution < -0.4 is 37.6 Å². The van der Waals surface area contributed by atoms with Gasteiger partial charge in [-0.25, -0.2) is 0 Å². The molecule has 0 fully saturated rings. The Labute approximate surface area is 194 Å². The zero-order valence-electron chi connectivity index (χ0n) is 8.42. The van der Waals surface area contributed by atoms with E-state index in [9.17, 15) is 0 Å². The van der Waals surface area contributed by atoms with E-state index in [2.05, 4.69) is 0 Å². The summed E-state index contributed by atoms with van der Waals surface area (Å²) in [6, 6.07) is 0. The Morgan fingerprint density at radius 2 is 0.182 bits per heavy atom. The third-order valence-electron chi connectivity index (χ3n) is 0. The Balaban J connectivity index is 0. The third kappa shape index (κ3) is 1430. The van der Waals surface area contributed by atoms with Crippen LogP contribution in [0.15, 0.2) is 0 Å². The number of halogens is 8. The van der Waals surface area contributed by atoms with Gasteiger partial charge in [0.15, 0.2) is 0 Å². The van der Waals surface area contributed by atoms with Crippen LogP contribution in [0.5, 0.6) is 0 Å². The van der Waals surface area contributed by atoms with Crippen molar-refractivity contribution in [1.29, 1.82) is 0 Å². The van der Waals surface area contributed by atoms with Crippen LogP contribution in [-0.4, -0.2) is 0 Å². The molecule has 0 aromatic carbocycles. The van der Waals surface area contributed by atoms with Gasteiger partial charge in [-0.15, -0.1) is 0 Å². The van der Waals surface area contributed by atoms with Crippen LogP contribution in [0.4, 0.5) is 0 Å². The van der Waals surface area contributed by atoms with E-state index in [1.807, 2.05) is 0 Å². The van der Waals surface area contributed by atoms with Crippen LogP contribution in [0, 0.1) is 0 Å². The number of rotatable bonds is 0. The Morgan fingerprint density at radius 1 is 0.182 bits per heavy atom. The summed E-state index contributed by atoms with van der Waals surface area (Å²) in [6.07, 6.45) is 0. The Hall–Kier alpha value is 2.74. The van der Waals surface area contributed by atoms with Crippen molar-refractivity contribution < 1.29 is 196 Å². The molecule has 0 aromatic heterocycles. The maximum Gasteiger partial charge on any atom is 2.00 e. The van der Waals surface area contributed by atoms with Crippen molar-refractivity contribution in [1.82, 2.24) is 0 Å². The van der Waals surface area contributed by atoms with Gasteiger partial charge in [-0.3, -0.25) is 0 Å². The number of hydrogen-bond acceptors (Lipinski definition) is 0. The van der Waals surface area contributed by atoms with E-state index in [0.717, 1.165) is 0 Å². The Bertz CT molecular complexity index is 40.6. The van der Waals surface area contributed by atoms with Crippen molar-refractivity contribution in [3.05, 3.63) is 0 Å². The molecule has 0 aliphatic carbocycles. The zero-order chi connectivity index (χ0) is 0. The van der Waals surface area contributed by atoms with Gasteiger partial charge in [-0.05, 0) is 0 Å². The molecule has 0 aliphatic heterocycles.